The van der Waals surface area contributed by atoms with E-state index in [2.05, 4.69) is 10.4 Å². The van der Waals surface area contributed by atoms with E-state index in [0.29, 0.717) is 11.4 Å². The predicted octanol–water partition coefficient (Wildman–Crippen LogP) is 0.922. The molecular formula is C11H18N4O. The summed E-state index contributed by atoms with van der Waals surface area (Å²) >= 11 is 0. The summed E-state index contributed by atoms with van der Waals surface area (Å²) in [6.07, 6.45) is 6.53. The number of nitrogens with one attached hydrogen (secondary N) is 1. The van der Waals surface area contributed by atoms with E-state index in [4.69, 9.17) is 5.73 Å². The van der Waals surface area contributed by atoms with Gasteiger partial charge in [-0.15, -0.1) is 0 Å². The second-order valence-electron chi connectivity index (χ2n) is 4.41. The number of carbonyl (C=O) groups excluding carboxylic acids is 1. The number of rotatable bonds is 4. The first-order chi connectivity index (χ1) is 7.68. The summed E-state index contributed by atoms with van der Waals surface area (Å²) in [4.78, 5) is 11.8. The molecule has 88 valence electrons. The monoisotopic (exact) mass is 222 g/mol. The summed E-state index contributed by atoms with van der Waals surface area (Å²) in [5.41, 5.74) is 6.55. The zero-order valence-corrected chi connectivity index (χ0v) is 9.57. The summed E-state index contributed by atoms with van der Waals surface area (Å²) in [5, 5.41) is 6.82. The molecule has 0 aromatic carbocycles. The highest BCUT2D eigenvalue weighted by molar-refractivity contribution is 5.97. The zero-order valence-electron chi connectivity index (χ0n) is 9.57. The van der Waals surface area contributed by atoms with Crippen molar-refractivity contribution in [1.29, 1.82) is 0 Å². The van der Waals surface area contributed by atoms with Crippen LogP contribution in [-0.2, 0) is 7.05 Å². The van der Waals surface area contributed by atoms with Crippen molar-refractivity contribution in [1.82, 2.24) is 15.1 Å². The smallest absolute Gasteiger partial charge is 0.271 e. The molecule has 1 fully saturated rings. The van der Waals surface area contributed by atoms with E-state index in [1.807, 2.05) is 0 Å². The van der Waals surface area contributed by atoms with Gasteiger partial charge in [-0.25, -0.2) is 0 Å². The van der Waals surface area contributed by atoms with Gasteiger partial charge in [-0.2, -0.15) is 5.10 Å². The Labute approximate surface area is 95.0 Å². The summed E-state index contributed by atoms with van der Waals surface area (Å²) in [6.45, 7) is 0.730. The summed E-state index contributed by atoms with van der Waals surface area (Å²) in [5.74, 6) is 0.681. The molecule has 0 radical (unpaired) electrons. The van der Waals surface area contributed by atoms with Crippen LogP contribution in [0.2, 0.25) is 0 Å². The van der Waals surface area contributed by atoms with Crippen LogP contribution in [0.25, 0.3) is 0 Å². The van der Waals surface area contributed by atoms with Gasteiger partial charge >= 0.3 is 0 Å². The van der Waals surface area contributed by atoms with E-state index in [9.17, 15) is 4.79 Å². The highest BCUT2D eigenvalue weighted by atomic mass is 16.2. The Morgan fingerprint density at radius 3 is 2.94 bits per heavy atom. The molecule has 1 amide bonds. The van der Waals surface area contributed by atoms with Gasteiger partial charge in [0.25, 0.3) is 5.91 Å². The number of aryl methyl sites for hydroxylation is 1. The van der Waals surface area contributed by atoms with Crippen LogP contribution in [0.1, 0.15) is 36.2 Å². The van der Waals surface area contributed by atoms with Crippen LogP contribution in [0.5, 0.6) is 0 Å². The molecule has 1 aliphatic rings. The normalized spacial score (nSPS) is 15.8. The molecule has 2 rings (SSSR count). The van der Waals surface area contributed by atoms with E-state index in [1.54, 1.807) is 7.05 Å². The second-order valence-corrected chi connectivity index (χ2v) is 4.41. The molecule has 16 heavy (non-hydrogen) atoms. The van der Waals surface area contributed by atoms with E-state index in [0.717, 1.165) is 18.9 Å². The first-order valence-electron chi connectivity index (χ1n) is 5.74. The molecule has 0 bridgehead atoms. The third kappa shape index (κ3) is 2.18. The van der Waals surface area contributed by atoms with Crippen molar-refractivity contribution in [2.75, 3.05) is 12.3 Å². The SMILES string of the molecule is Cn1ncc(N)c1C(=O)NCCC1CCC1. The molecule has 1 aliphatic carbocycles. The first kappa shape index (κ1) is 11.0. The Hall–Kier alpha value is -1.52. The number of nitrogens with two attached hydrogens (primary N) is 1. The topological polar surface area (TPSA) is 72.9 Å². The minimum Gasteiger partial charge on any atom is -0.396 e. The number of aromatic nitrogens is 2. The van der Waals surface area contributed by atoms with Crippen LogP contribution in [0.15, 0.2) is 6.20 Å². The minimum atomic E-state index is -0.128. The molecule has 1 aromatic rings. The van der Waals surface area contributed by atoms with Crippen LogP contribution in [0.4, 0.5) is 5.69 Å². The highest BCUT2D eigenvalue weighted by Gasteiger charge is 2.18. The average Bonchev–Trinajstić information content (AvgIpc) is 2.50. The fourth-order valence-corrected chi connectivity index (χ4v) is 1.99. The van der Waals surface area contributed by atoms with Gasteiger partial charge in [-0.05, 0) is 12.3 Å². The lowest BCUT2D eigenvalue weighted by molar-refractivity contribution is 0.0940. The lowest BCUT2D eigenvalue weighted by Crippen LogP contribution is -2.29. The Kier molecular flexibility index (Phi) is 3.12. The number of nitrogen functional groups attached to an aromatic ring is 1. The van der Waals surface area contributed by atoms with E-state index in [-0.39, 0.29) is 5.91 Å². The maximum absolute atomic E-state index is 11.8. The molecule has 0 unspecified atom stereocenters. The lowest BCUT2D eigenvalue weighted by atomic mass is 9.83. The van der Waals surface area contributed by atoms with Crippen molar-refractivity contribution in [2.24, 2.45) is 13.0 Å². The van der Waals surface area contributed by atoms with Gasteiger partial charge in [0.05, 0.1) is 11.9 Å². The average molecular weight is 222 g/mol. The number of anilines is 1. The van der Waals surface area contributed by atoms with Crippen LogP contribution in [-0.4, -0.2) is 22.2 Å². The molecule has 0 spiro atoms. The minimum absolute atomic E-state index is 0.128. The van der Waals surface area contributed by atoms with Crippen LogP contribution in [0, 0.1) is 5.92 Å². The van der Waals surface area contributed by atoms with Crippen LogP contribution < -0.4 is 11.1 Å². The van der Waals surface area contributed by atoms with Crippen molar-refractivity contribution < 1.29 is 4.79 Å². The Morgan fingerprint density at radius 1 is 1.69 bits per heavy atom. The third-order valence-electron chi connectivity index (χ3n) is 3.25. The fourth-order valence-electron chi connectivity index (χ4n) is 1.99. The first-order valence-corrected chi connectivity index (χ1v) is 5.74. The van der Waals surface area contributed by atoms with E-state index >= 15 is 0 Å². The standard InChI is InChI=1S/C11H18N4O/c1-15-10(9(12)7-14-15)11(16)13-6-5-8-3-2-4-8/h7-8H,2-6,12H2,1H3,(H,13,16). The molecule has 5 heteroatoms. The predicted molar refractivity (Wildman–Crippen MR) is 61.9 cm³/mol. The Balaban J connectivity index is 1.83. The van der Waals surface area contributed by atoms with E-state index < -0.39 is 0 Å². The Morgan fingerprint density at radius 2 is 2.44 bits per heavy atom. The number of hydrogen-bond acceptors (Lipinski definition) is 3. The van der Waals surface area contributed by atoms with Gasteiger partial charge in [0, 0.05) is 13.6 Å². The highest BCUT2D eigenvalue weighted by Crippen LogP contribution is 2.28. The molecule has 1 aromatic heterocycles. The second kappa shape index (κ2) is 4.55. The van der Waals surface area contributed by atoms with Crippen molar-refractivity contribution in [3.8, 4) is 0 Å². The van der Waals surface area contributed by atoms with Gasteiger partial charge in [0.2, 0.25) is 0 Å². The van der Waals surface area contributed by atoms with Gasteiger partial charge in [0.15, 0.2) is 0 Å². The van der Waals surface area contributed by atoms with Gasteiger partial charge in [-0.1, -0.05) is 19.3 Å². The fraction of sp³-hybridized carbons (Fsp3) is 0.636. The number of hydrogen-bond donors (Lipinski definition) is 2. The summed E-state index contributed by atoms with van der Waals surface area (Å²) in [7, 11) is 1.72. The maximum atomic E-state index is 11.8. The molecular weight excluding hydrogens is 204 g/mol. The summed E-state index contributed by atoms with van der Waals surface area (Å²) < 4.78 is 1.51. The van der Waals surface area contributed by atoms with Crippen molar-refractivity contribution in [3.05, 3.63) is 11.9 Å². The van der Waals surface area contributed by atoms with Crippen molar-refractivity contribution in [3.63, 3.8) is 0 Å². The molecule has 1 saturated carbocycles. The molecule has 1 heterocycles. The largest absolute Gasteiger partial charge is 0.396 e. The summed E-state index contributed by atoms with van der Waals surface area (Å²) in [6, 6.07) is 0. The molecule has 0 saturated heterocycles. The Bertz CT molecular complexity index is 362. The number of carbonyl (C=O) groups is 1. The quantitative estimate of drug-likeness (QED) is 0.795. The van der Waals surface area contributed by atoms with Gasteiger partial charge < -0.3 is 11.1 Å². The zero-order chi connectivity index (χ0) is 11.5. The number of amides is 1. The third-order valence-corrected chi connectivity index (χ3v) is 3.25. The molecule has 0 aliphatic heterocycles. The molecule has 5 nitrogen and oxygen atoms in total. The lowest BCUT2D eigenvalue weighted by Gasteiger charge is -2.25. The van der Waals surface area contributed by atoms with E-state index in [1.165, 1.54) is 30.1 Å². The van der Waals surface area contributed by atoms with Crippen LogP contribution in [0.3, 0.4) is 0 Å². The molecule has 0 atom stereocenters. The van der Waals surface area contributed by atoms with Gasteiger partial charge in [-0.3, -0.25) is 9.48 Å². The van der Waals surface area contributed by atoms with Crippen molar-refractivity contribution in [2.45, 2.75) is 25.7 Å². The number of nitrogens with zero attached hydrogens (tertiary/aromatic N) is 2. The van der Waals surface area contributed by atoms with Gasteiger partial charge in [0.1, 0.15) is 5.69 Å². The maximum Gasteiger partial charge on any atom is 0.271 e. The van der Waals surface area contributed by atoms with Crippen LogP contribution >= 0.6 is 0 Å². The van der Waals surface area contributed by atoms with Crippen molar-refractivity contribution >= 4 is 11.6 Å². The molecule has 3 N–H and O–H groups in total.